The molecule has 1 aromatic carbocycles. The minimum absolute atomic E-state index is 0.183. The Hall–Kier alpha value is -2.07. The van der Waals surface area contributed by atoms with Gasteiger partial charge in [-0.2, -0.15) is 5.10 Å². The third-order valence-electron chi connectivity index (χ3n) is 3.20. The summed E-state index contributed by atoms with van der Waals surface area (Å²) in [5.41, 5.74) is 1.88. The Morgan fingerprint density at radius 1 is 1.42 bits per heavy atom. The Balaban J connectivity index is 2.12. The van der Waals surface area contributed by atoms with Gasteiger partial charge in [0.2, 0.25) is 5.78 Å². The standard InChI is InChI=1S/C14H11ClN2O2/c1-8-10(7-16-17(8)2)13(18)12-6-9-4-3-5-11(15)14(9)19-12/h3-7H,1-2H3. The molecule has 0 fully saturated rings. The number of halogens is 1. The van der Waals surface area contributed by atoms with E-state index in [1.165, 1.54) is 0 Å². The maximum absolute atomic E-state index is 12.4. The Morgan fingerprint density at radius 3 is 2.84 bits per heavy atom. The summed E-state index contributed by atoms with van der Waals surface area (Å²) < 4.78 is 7.22. The number of ketones is 1. The van der Waals surface area contributed by atoms with Gasteiger partial charge in [-0.05, 0) is 19.1 Å². The van der Waals surface area contributed by atoms with Crippen LogP contribution < -0.4 is 0 Å². The number of nitrogens with zero attached hydrogens (tertiary/aromatic N) is 2. The summed E-state index contributed by atoms with van der Waals surface area (Å²) in [6.45, 7) is 1.84. The molecule has 0 saturated carbocycles. The number of hydrogen-bond donors (Lipinski definition) is 0. The van der Waals surface area contributed by atoms with Gasteiger partial charge in [0.1, 0.15) is 0 Å². The highest BCUT2D eigenvalue weighted by atomic mass is 35.5. The number of aromatic nitrogens is 2. The summed E-state index contributed by atoms with van der Waals surface area (Å²) in [5.74, 6) is 0.0945. The summed E-state index contributed by atoms with van der Waals surface area (Å²) in [6, 6.07) is 7.12. The number of hydrogen-bond acceptors (Lipinski definition) is 3. The van der Waals surface area contributed by atoms with Crippen LogP contribution >= 0.6 is 11.6 Å². The summed E-state index contributed by atoms with van der Waals surface area (Å²) in [5, 5.41) is 5.38. The number of benzene rings is 1. The lowest BCUT2D eigenvalue weighted by Gasteiger charge is -1.97. The van der Waals surface area contributed by atoms with Gasteiger partial charge in [-0.15, -0.1) is 0 Å². The Bertz CT molecular complexity index is 786. The maximum atomic E-state index is 12.4. The van der Waals surface area contributed by atoms with Crippen LogP contribution in [0.2, 0.25) is 5.02 Å². The number of aryl methyl sites for hydroxylation is 1. The van der Waals surface area contributed by atoms with E-state index in [0.717, 1.165) is 11.1 Å². The van der Waals surface area contributed by atoms with Crippen LogP contribution in [0.5, 0.6) is 0 Å². The van der Waals surface area contributed by atoms with Gasteiger partial charge in [-0.1, -0.05) is 23.7 Å². The van der Waals surface area contributed by atoms with Gasteiger partial charge in [-0.3, -0.25) is 9.48 Å². The first-order valence-electron chi connectivity index (χ1n) is 5.79. The fraction of sp³-hybridized carbons (Fsp3) is 0.143. The quantitative estimate of drug-likeness (QED) is 0.673. The summed E-state index contributed by atoms with van der Waals surface area (Å²) in [7, 11) is 1.79. The van der Waals surface area contributed by atoms with Crippen LogP contribution in [0, 0.1) is 6.92 Å². The zero-order chi connectivity index (χ0) is 13.6. The molecule has 96 valence electrons. The lowest BCUT2D eigenvalue weighted by molar-refractivity contribution is 0.101. The fourth-order valence-corrected chi connectivity index (χ4v) is 2.21. The number of para-hydroxylation sites is 1. The van der Waals surface area contributed by atoms with E-state index in [-0.39, 0.29) is 11.5 Å². The molecule has 2 heterocycles. The van der Waals surface area contributed by atoms with Crippen LogP contribution in [-0.4, -0.2) is 15.6 Å². The molecule has 3 rings (SSSR count). The van der Waals surface area contributed by atoms with E-state index in [1.807, 2.05) is 19.1 Å². The van der Waals surface area contributed by atoms with Crippen LogP contribution in [-0.2, 0) is 7.05 Å². The van der Waals surface area contributed by atoms with E-state index in [2.05, 4.69) is 5.10 Å². The zero-order valence-electron chi connectivity index (χ0n) is 10.5. The summed E-state index contributed by atoms with van der Waals surface area (Å²) >= 11 is 6.03. The highest BCUT2D eigenvalue weighted by Crippen LogP contribution is 2.28. The lowest BCUT2D eigenvalue weighted by Crippen LogP contribution is -2.02. The van der Waals surface area contributed by atoms with Crippen LogP contribution in [0.25, 0.3) is 11.0 Å². The second-order valence-electron chi connectivity index (χ2n) is 4.37. The number of carbonyl (C=O) groups is 1. The minimum atomic E-state index is -0.183. The largest absolute Gasteiger partial charge is 0.451 e. The average molecular weight is 275 g/mol. The molecule has 0 aliphatic heterocycles. The smallest absolute Gasteiger partial charge is 0.231 e. The van der Waals surface area contributed by atoms with Crippen molar-refractivity contribution in [1.82, 2.24) is 9.78 Å². The SMILES string of the molecule is Cc1c(C(=O)c2cc3cccc(Cl)c3o2)cnn1C. The predicted octanol–water partition coefficient (Wildman–Crippen LogP) is 3.36. The third kappa shape index (κ3) is 1.85. The first-order valence-corrected chi connectivity index (χ1v) is 6.17. The summed E-state index contributed by atoms with van der Waals surface area (Å²) in [6.07, 6.45) is 1.55. The number of fused-ring (bicyclic) bond motifs is 1. The first-order chi connectivity index (χ1) is 9.08. The second-order valence-corrected chi connectivity index (χ2v) is 4.77. The van der Waals surface area contributed by atoms with Crippen molar-refractivity contribution >= 4 is 28.4 Å². The van der Waals surface area contributed by atoms with Gasteiger partial charge in [0.25, 0.3) is 0 Å². The molecule has 5 heteroatoms. The zero-order valence-corrected chi connectivity index (χ0v) is 11.2. The van der Waals surface area contributed by atoms with E-state index in [4.69, 9.17) is 16.0 Å². The van der Waals surface area contributed by atoms with Crippen LogP contribution in [0.1, 0.15) is 21.8 Å². The minimum Gasteiger partial charge on any atom is -0.451 e. The van der Waals surface area contributed by atoms with Crippen molar-refractivity contribution in [2.45, 2.75) is 6.92 Å². The maximum Gasteiger partial charge on any atom is 0.231 e. The molecule has 0 saturated heterocycles. The molecule has 3 aromatic rings. The Kier molecular flexibility index (Phi) is 2.68. The van der Waals surface area contributed by atoms with E-state index >= 15 is 0 Å². The van der Waals surface area contributed by atoms with Gasteiger partial charge < -0.3 is 4.42 Å². The predicted molar refractivity (Wildman–Crippen MR) is 72.6 cm³/mol. The van der Waals surface area contributed by atoms with Crippen molar-refractivity contribution in [1.29, 1.82) is 0 Å². The van der Waals surface area contributed by atoms with Gasteiger partial charge in [0.05, 0.1) is 16.8 Å². The topological polar surface area (TPSA) is 48.0 Å². The monoisotopic (exact) mass is 274 g/mol. The molecule has 0 unspecified atom stereocenters. The van der Waals surface area contributed by atoms with Gasteiger partial charge in [0, 0.05) is 18.1 Å². The molecule has 0 atom stereocenters. The third-order valence-corrected chi connectivity index (χ3v) is 3.50. The van der Waals surface area contributed by atoms with Crippen LogP contribution in [0.3, 0.4) is 0 Å². The van der Waals surface area contributed by atoms with E-state index in [1.54, 1.807) is 30.1 Å². The molecular formula is C14H11ClN2O2. The summed E-state index contributed by atoms with van der Waals surface area (Å²) in [4.78, 5) is 12.4. The van der Waals surface area contributed by atoms with Crippen molar-refractivity contribution in [3.05, 3.63) is 52.5 Å². The van der Waals surface area contributed by atoms with Crippen molar-refractivity contribution in [3.8, 4) is 0 Å². The highest BCUT2D eigenvalue weighted by Gasteiger charge is 2.19. The molecule has 0 aliphatic rings. The molecule has 0 bridgehead atoms. The van der Waals surface area contributed by atoms with Crippen LogP contribution in [0.15, 0.2) is 34.9 Å². The number of furan rings is 1. The molecule has 0 spiro atoms. The normalized spacial score (nSPS) is 11.1. The van der Waals surface area contributed by atoms with Crippen molar-refractivity contribution in [2.75, 3.05) is 0 Å². The number of carbonyl (C=O) groups excluding carboxylic acids is 1. The molecule has 4 nitrogen and oxygen atoms in total. The highest BCUT2D eigenvalue weighted by molar-refractivity contribution is 6.35. The molecule has 19 heavy (non-hydrogen) atoms. The van der Waals surface area contributed by atoms with Crippen molar-refractivity contribution in [3.63, 3.8) is 0 Å². The molecule has 2 aromatic heterocycles. The van der Waals surface area contributed by atoms with E-state index in [9.17, 15) is 4.79 Å². The van der Waals surface area contributed by atoms with Crippen molar-refractivity contribution in [2.24, 2.45) is 7.05 Å². The molecule has 0 radical (unpaired) electrons. The van der Waals surface area contributed by atoms with Crippen LogP contribution in [0.4, 0.5) is 0 Å². The van der Waals surface area contributed by atoms with Gasteiger partial charge in [-0.25, -0.2) is 0 Å². The van der Waals surface area contributed by atoms with Gasteiger partial charge in [0.15, 0.2) is 11.3 Å². The molecule has 0 aliphatic carbocycles. The number of rotatable bonds is 2. The Morgan fingerprint density at radius 2 is 2.21 bits per heavy atom. The average Bonchev–Trinajstić information content (AvgIpc) is 2.95. The van der Waals surface area contributed by atoms with E-state index in [0.29, 0.717) is 16.2 Å². The fourth-order valence-electron chi connectivity index (χ4n) is 1.99. The molecular weight excluding hydrogens is 264 g/mol. The van der Waals surface area contributed by atoms with Gasteiger partial charge >= 0.3 is 0 Å². The first kappa shape index (κ1) is 12.0. The molecule has 0 N–H and O–H groups in total. The molecule has 0 amide bonds. The Labute approximate surface area is 114 Å². The van der Waals surface area contributed by atoms with Crippen molar-refractivity contribution < 1.29 is 9.21 Å². The second kappa shape index (κ2) is 4.24. The lowest BCUT2D eigenvalue weighted by atomic mass is 10.1. The van der Waals surface area contributed by atoms with E-state index < -0.39 is 0 Å².